The Morgan fingerprint density at radius 1 is 0.711 bits per heavy atom. The highest BCUT2D eigenvalue weighted by molar-refractivity contribution is 5.97. The lowest BCUT2D eigenvalue weighted by molar-refractivity contribution is -0.125. The minimum Gasteiger partial charge on any atom is -0.385 e. The normalized spacial score (nSPS) is 7.92. The average Bonchev–Trinajstić information content (AvgIpc) is 2.67. The first kappa shape index (κ1) is 76.6. The zero-order valence-corrected chi connectivity index (χ0v) is 20.0. The largest absolute Gasteiger partial charge is 0.385 e. The minimum absolute atomic E-state index is 0. The molecule has 0 spiro atoms. The number of rotatable bonds is 12. The Balaban J connectivity index is -0.0000000229. The van der Waals surface area contributed by atoms with Crippen LogP contribution in [0.15, 0.2) is 12.2 Å². The number of aliphatic hydroxyl groups is 1. The second-order valence-corrected chi connectivity index (χ2v) is 6.45. The molecule has 0 amide bonds. The van der Waals surface area contributed by atoms with Gasteiger partial charge in [0, 0.05) is 40.8 Å². The Morgan fingerprint density at radius 3 is 1.26 bits per heavy atom. The molecule has 8 nitrogen and oxygen atoms in total. The molecule has 0 rings (SSSR count). The lowest BCUT2D eigenvalue weighted by Crippen LogP contribution is -2.14. The number of aliphatic hydroxyl groups excluding tert-OH is 1. The molecule has 1 atom stereocenters. The highest BCUT2D eigenvalue weighted by atomic mass is 16.6. The molecule has 1 unspecified atom stereocenters. The molecule has 0 heterocycles. The molecule has 0 radical (unpaired) electrons. The van der Waals surface area contributed by atoms with Crippen molar-refractivity contribution in [3.05, 3.63) is 12.2 Å². The van der Waals surface area contributed by atoms with Crippen LogP contribution in [-0.4, -0.2) is 69.1 Å². The predicted octanol–water partition coefficient (Wildman–Crippen LogP) is 8.17. The van der Waals surface area contributed by atoms with E-state index in [2.05, 4.69) is 16.1 Å². The second-order valence-electron chi connectivity index (χ2n) is 6.45. The van der Waals surface area contributed by atoms with Crippen LogP contribution >= 0.6 is 0 Å². The summed E-state index contributed by atoms with van der Waals surface area (Å²) in [6, 6.07) is 0. The number of carbonyl (C=O) groups is 4. The molecule has 0 aliphatic carbocycles. The van der Waals surface area contributed by atoms with Crippen molar-refractivity contribution in [3.8, 4) is 0 Å². The van der Waals surface area contributed by atoms with Crippen LogP contribution in [0.1, 0.15) is 126 Å². The summed E-state index contributed by atoms with van der Waals surface area (Å²) < 4.78 is 13.6. The van der Waals surface area contributed by atoms with Crippen LogP contribution in [0.25, 0.3) is 0 Å². The first-order valence-corrected chi connectivity index (χ1v) is 9.70. The molecule has 8 heteroatoms. The maximum absolute atomic E-state index is 10.4. The van der Waals surface area contributed by atoms with Crippen LogP contribution in [0, 0.1) is 0 Å². The number of unbranched alkanes of at least 4 members (excludes halogenated alkanes) is 2. The topological polar surface area (TPSA) is 116 Å². The molecular weight excluding hydrogens is 488 g/mol. The average molecular weight is 563 g/mol. The summed E-state index contributed by atoms with van der Waals surface area (Å²) in [7, 11) is 4.65. The van der Waals surface area contributed by atoms with Crippen LogP contribution in [0.3, 0.4) is 0 Å². The maximum atomic E-state index is 10.4. The minimum atomic E-state index is -0.236. The van der Waals surface area contributed by atoms with Crippen LogP contribution < -0.4 is 0 Å². The number of hydrogen-bond donors (Lipinski definition) is 1. The van der Waals surface area contributed by atoms with Gasteiger partial charge < -0.3 is 24.1 Å². The summed E-state index contributed by atoms with van der Waals surface area (Å²) >= 11 is 0. The van der Waals surface area contributed by atoms with Crippen molar-refractivity contribution in [1.29, 1.82) is 0 Å². The van der Waals surface area contributed by atoms with E-state index in [1.165, 1.54) is 35.0 Å². The van der Waals surface area contributed by atoms with Crippen molar-refractivity contribution >= 4 is 23.1 Å². The fourth-order valence-corrected chi connectivity index (χ4v) is 1.39. The van der Waals surface area contributed by atoms with Gasteiger partial charge in [-0.2, -0.15) is 0 Å². The van der Waals surface area contributed by atoms with E-state index in [0.717, 1.165) is 32.3 Å². The third-order valence-corrected chi connectivity index (χ3v) is 3.39. The third kappa shape index (κ3) is 92.3. The lowest BCUT2D eigenvalue weighted by atomic mass is 10.1. The molecule has 242 valence electrons. The SMILES string of the molecule is C.C.C.C.C.C.C.C.C=C(CC(C)=O)C(C)=O.COC(C)C(C)=O.COCCCCCC(C)=O.COCO. The first-order valence-electron chi connectivity index (χ1n) is 9.70. The van der Waals surface area contributed by atoms with Crippen molar-refractivity contribution in [1.82, 2.24) is 0 Å². The molecular formula is C30H74O8. The highest BCUT2D eigenvalue weighted by Crippen LogP contribution is 2.00. The van der Waals surface area contributed by atoms with Crippen molar-refractivity contribution in [2.75, 3.05) is 34.7 Å². The Morgan fingerprint density at radius 2 is 1.11 bits per heavy atom. The number of ketones is 4. The van der Waals surface area contributed by atoms with E-state index in [1.807, 2.05) is 0 Å². The molecule has 0 aromatic heterocycles. The summed E-state index contributed by atoms with van der Waals surface area (Å²) in [4.78, 5) is 41.5. The Bertz CT molecular complexity index is 473. The van der Waals surface area contributed by atoms with Crippen molar-refractivity contribution in [2.24, 2.45) is 0 Å². The highest BCUT2D eigenvalue weighted by Gasteiger charge is 2.02. The smallest absolute Gasteiger partial charge is 0.158 e. The molecule has 0 aromatic rings. The van der Waals surface area contributed by atoms with Crippen LogP contribution in [-0.2, 0) is 33.4 Å². The number of methoxy groups -OCH3 is 3. The summed E-state index contributed by atoms with van der Waals surface area (Å²) in [5.41, 5.74) is 0.391. The summed E-state index contributed by atoms with van der Waals surface area (Å²) in [5.74, 6) is 0.236. The molecule has 38 heavy (non-hydrogen) atoms. The van der Waals surface area contributed by atoms with Gasteiger partial charge in [-0.05, 0) is 53.0 Å². The van der Waals surface area contributed by atoms with E-state index in [4.69, 9.17) is 9.84 Å². The second kappa shape index (κ2) is 60.0. The van der Waals surface area contributed by atoms with Gasteiger partial charge in [-0.3, -0.25) is 14.4 Å². The van der Waals surface area contributed by atoms with Gasteiger partial charge in [0.2, 0.25) is 0 Å². The molecule has 0 bridgehead atoms. The Labute approximate surface area is 240 Å². The van der Waals surface area contributed by atoms with E-state index in [0.29, 0.717) is 5.57 Å². The Hall–Kier alpha value is -1.74. The van der Waals surface area contributed by atoms with Gasteiger partial charge in [0.15, 0.2) is 11.6 Å². The number of Topliss-reactive ketones (excluding diaryl/α,β-unsaturated/α-hetero) is 4. The Kier molecular flexibility index (Phi) is 121. The van der Waals surface area contributed by atoms with Crippen LogP contribution in [0.4, 0.5) is 0 Å². The van der Waals surface area contributed by atoms with Gasteiger partial charge >= 0.3 is 0 Å². The zero-order chi connectivity index (χ0) is 24.5. The molecule has 0 aromatic carbocycles. The van der Waals surface area contributed by atoms with E-state index in [-0.39, 0.29) is 102 Å². The van der Waals surface area contributed by atoms with Crippen molar-refractivity contribution in [2.45, 2.75) is 132 Å². The van der Waals surface area contributed by atoms with Gasteiger partial charge in [-0.25, -0.2) is 0 Å². The molecule has 0 aliphatic rings. The third-order valence-electron chi connectivity index (χ3n) is 3.39. The van der Waals surface area contributed by atoms with E-state index >= 15 is 0 Å². The van der Waals surface area contributed by atoms with E-state index in [9.17, 15) is 19.2 Å². The molecule has 0 fully saturated rings. The molecule has 1 N–H and O–H groups in total. The quantitative estimate of drug-likeness (QED) is 0.144. The summed E-state index contributed by atoms with van der Waals surface area (Å²) in [6.45, 7) is 11.8. The van der Waals surface area contributed by atoms with Crippen molar-refractivity contribution in [3.63, 3.8) is 0 Å². The monoisotopic (exact) mass is 563 g/mol. The fraction of sp³-hybridized carbons (Fsp3) is 0.800. The number of hydrogen-bond acceptors (Lipinski definition) is 8. The van der Waals surface area contributed by atoms with Gasteiger partial charge in [0.1, 0.15) is 24.5 Å². The van der Waals surface area contributed by atoms with E-state index in [1.54, 1.807) is 21.0 Å². The molecule has 0 aliphatic heterocycles. The van der Waals surface area contributed by atoms with Gasteiger partial charge in [0.25, 0.3) is 0 Å². The number of carbonyl (C=O) groups excluding carboxylic acids is 4. The van der Waals surface area contributed by atoms with E-state index < -0.39 is 0 Å². The number of ether oxygens (including phenoxy) is 3. The van der Waals surface area contributed by atoms with Gasteiger partial charge in [-0.1, -0.05) is 72.4 Å². The van der Waals surface area contributed by atoms with Gasteiger partial charge in [-0.15, -0.1) is 0 Å². The van der Waals surface area contributed by atoms with Crippen LogP contribution in [0.2, 0.25) is 0 Å². The number of allylic oxidation sites excluding steroid dienone is 1. The summed E-state index contributed by atoms with van der Waals surface area (Å²) in [5, 5.41) is 7.65. The maximum Gasteiger partial charge on any atom is 0.158 e. The van der Waals surface area contributed by atoms with Gasteiger partial charge in [0.05, 0.1) is 0 Å². The first-order chi connectivity index (χ1) is 13.9. The zero-order valence-electron chi connectivity index (χ0n) is 20.0. The summed E-state index contributed by atoms with van der Waals surface area (Å²) in [6.07, 6.45) is 3.87. The fourth-order valence-electron chi connectivity index (χ4n) is 1.39. The van der Waals surface area contributed by atoms with Crippen molar-refractivity contribution < 1.29 is 38.5 Å². The molecule has 0 saturated heterocycles. The lowest BCUT2D eigenvalue weighted by Gasteiger charge is -2.00. The van der Waals surface area contributed by atoms with Crippen LogP contribution in [0.5, 0.6) is 0 Å². The predicted molar refractivity (Wildman–Crippen MR) is 171 cm³/mol. The standard InChI is InChI=1S/C8H16O2.C7H10O2.C5H10O2.C2H6O2.8CH4/c1-8(9)6-4-3-5-7-10-2;1-5(7(3)9)4-6(2)8;1-4(6)5(2)7-3;1-4-2-3;;;;;;;;/h3-7H2,1-2H3;1,4H2,2-3H3;5H,1-3H3;3H,2H2,1H3;8*1H4. The molecule has 0 saturated carbocycles.